The smallest absolute Gasteiger partial charge is 0.255 e. The average Bonchev–Trinajstić information content (AvgIpc) is 2.76. The van der Waals surface area contributed by atoms with Crippen LogP contribution in [-0.4, -0.2) is 33.1 Å². The molecule has 0 radical (unpaired) electrons. The standard InChI is InChI=1S/C23H21ClN2O5S/c1-3-31-18-10-7-15(8-11-18)22(27)25-17-9-12-21(20(24)14-17)26-23(28)16-5-4-6-19(13-16)32(2,29)30/h4-14H,3H2,1-2H3,(H,25,27)(H,26,28). The number of rotatable bonds is 7. The predicted octanol–water partition coefficient (Wildman–Crippen LogP) is 4.65. The Morgan fingerprint density at radius 2 is 1.59 bits per heavy atom. The molecule has 0 bridgehead atoms. The van der Waals surface area contributed by atoms with Gasteiger partial charge in [-0.1, -0.05) is 17.7 Å². The van der Waals surface area contributed by atoms with Gasteiger partial charge in [-0.25, -0.2) is 8.42 Å². The molecule has 0 atom stereocenters. The Kier molecular flexibility index (Phi) is 7.17. The van der Waals surface area contributed by atoms with Gasteiger partial charge >= 0.3 is 0 Å². The Labute approximate surface area is 191 Å². The van der Waals surface area contributed by atoms with E-state index in [9.17, 15) is 18.0 Å². The SMILES string of the molecule is CCOc1ccc(C(=O)Nc2ccc(NC(=O)c3cccc(S(C)(=O)=O)c3)c(Cl)c2)cc1. The van der Waals surface area contributed by atoms with Crippen LogP contribution in [0.2, 0.25) is 5.02 Å². The summed E-state index contributed by atoms with van der Waals surface area (Å²) in [6, 6.07) is 17.1. The Bertz CT molecular complexity index is 1260. The largest absolute Gasteiger partial charge is 0.494 e. The fourth-order valence-corrected chi connectivity index (χ4v) is 3.72. The van der Waals surface area contributed by atoms with Gasteiger partial charge in [-0.05, 0) is 67.6 Å². The lowest BCUT2D eigenvalue weighted by molar-refractivity contribution is 0.101. The van der Waals surface area contributed by atoms with E-state index in [1.54, 1.807) is 36.4 Å². The van der Waals surface area contributed by atoms with Crippen LogP contribution in [-0.2, 0) is 9.84 Å². The van der Waals surface area contributed by atoms with Crippen molar-refractivity contribution < 1.29 is 22.7 Å². The number of amides is 2. The van der Waals surface area contributed by atoms with E-state index in [4.69, 9.17) is 16.3 Å². The summed E-state index contributed by atoms with van der Waals surface area (Å²) < 4.78 is 28.8. The molecule has 0 aliphatic carbocycles. The van der Waals surface area contributed by atoms with Crippen LogP contribution in [0, 0.1) is 0 Å². The Hall–Kier alpha value is -3.36. The van der Waals surface area contributed by atoms with Gasteiger partial charge in [0, 0.05) is 23.1 Å². The number of ether oxygens (including phenoxy) is 1. The predicted molar refractivity (Wildman–Crippen MR) is 125 cm³/mol. The maximum atomic E-state index is 12.5. The van der Waals surface area contributed by atoms with Gasteiger partial charge < -0.3 is 15.4 Å². The molecule has 0 aliphatic heterocycles. The molecule has 0 aromatic heterocycles. The molecule has 0 aliphatic rings. The normalized spacial score (nSPS) is 11.0. The number of halogens is 1. The third-order valence-corrected chi connectivity index (χ3v) is 5.85. The van der Waals surface area contributed by atoms with Gasteiger partial charge in [0.2, 0.25) is 0 Å². The number of benzene rings is 3. The van der Waals surface area contributed by atoms with Gasteiger partial charge in [-0.2, -0.15) is 0 Å². The first-order valence-electron chi connectivity index (χ1n) is 9.62. The summed E-state index contributed by atoms with van der Waals surface area (Å²) in [6.07, 6.45) is 1.07. The molecular formula is C23H21ClN2O5S. The van der Waals surface area contributed by atoms with Crippen molar-refractivity contribution >= 4 is 44.6 Å². The first kappa shape index (κ1) is 23.3. The average molecular weight is 473 g/mol. The van der Waals surface area contributed by atoms with E-state index < -0.39 is 15.7 Å². The number of anilines is 2. The third-order valence-electron chi connectivity index (χ3n) is 4.43. The van der Waals surface area contributed by atoms with Crippen molar-refractivity contribution in [3.8, 4) is 5.75 Å². The highest BCUT2D eigenvalue weighted by molar-refractivity contribution is 7.90. The van der Waals surface area contributed by atoms with Crippen LogP contribution in [0.5, 0.6) is 5.75 Å². The van der Waals surface area contributed by atoms with E-state index in [1.165, 1.54) is 30.3 Å². The molecule has 3 aromatic carbocycles. The van der Waals surface area contributed by atoms with E-state index in [0.29, 0.717) is 29.3 Å². The summed E-state index contributed by atoms with van der Waals surface area (Å²) in [5, 5.41) is 5.60. The number of nitrogens with one attached hydrogen (secondary N) is 2. The lowest BCUT2D eigenvalue weighted by Gasteiger charge is -2.11. The van der Waals surface area contributed by atoms with Crippen LogP contribution in [0.1, 0.15) is 27.6 Å². The number of hydrogen-bond donors (Lipinski definition) is 2. The van der Waals surface area contributed by atoms with Crippen molar-refractivity contribution in [2.24, 2.45) is 0 Å². The zero-order valence-electron chi connectivity index (χ0n) is 17.4. The van der Waals surface area contributed by atoms with Crippen molar-refractivity contribution in [1.29, 1.82) is 0 Å². The molecule has 32 heavy (non-hydrogen) atoms. The van der Waals surface area contributed by atoms with Crippen LogP contribution < -0.4 is 15.4 Å². The maximum Gasteiger partial charge on any atom is 0.255 e. The molecule has 2 N–H and O–H groups in total. The van der Waals surface area contributed by atoms with E-state index in [1.807, 2.05) is 6.92 Å². The zero-order valence-corrected chi connectivity index (χ0v) is 19.0. The molecule has 166 valence electrons. The highest BCUT2D eigenvalue weighted by Crippen LogP contribution is 2.27. The second kappa shape index (κ2) is 9.84. The summed E-state index contributed by atoms with van der Waals surface area (Å²) in [5.41, 5.74) is 1.40. The van der Waals surface area contributed by atoms with Gasteiger partial charge in [-0.3, -0.25) is 9.59 Å². The van der Waals surface area contributed by atoms with Gasteiger partial charge in [-0.15, -0.1) is 0 Å². The molecular weight excluding hydrogens is 452 g/mol. The first-order chi connectivity index (χ1) is 15.2. The van der Waals surface area contributed by atoms with Crippen molar-refractivity contribution in [2.75, 3.05) is 23.5 Å². The van der Waals surface area contributed by atoms with Crippen LogP contribution in [0.4, 0.5) is 11.4 Å². The molecule has 0 saturated carbocycles. The molecule has 3 aromatic rings. The lowest BCUT2D eigenvalue weighted by atomic mass is 10.2. The monoisotopic (exact) mass is 472 g/mol. The minimum absolute atomic E-state index is 0.0450. The molecule has 3 rings (SSSR count). The first-order valence-corrected chi connectivity index (χ1v) is 11.9. The summed E-state index contributed by atoms with van der Waals surface area (Å²) in [5.74, 6) is -0.156. The lowest BCUT2D eigenvalue weighted by Crippen LogP contribution is -2.14. The number of sulfone groups is 1. The summed E-state index contributed by atoms with van der Waals surface area (Å²) >= 11 is 6.27. The highest BCUT2D eigenvalue weighted by atomic mass is 35.5. The van der Waals surface area contributed by atoms with Crippen molar-refractivity contribution in [3.05, 3.63) is 82.9 Å². The van der Waals surface area contributed by atoms with Crippen LogP contribution >= 0.6 is 11.6 Å². The second-order valence-electron chi connectivity index (χ2n) is 6.86. The quantitative estimate of drug-likeness (QED) is 0.521. The summed E-state index contributed by atoms with van der Waals surface area (Å²) in [6.45, 7) is 2.42. The van der Waals surface area contributed by atoms with Crippen molar-refractivity contribution in [1.82, 2.24) is 0 Å². The van der Waals surface area contributed by atoms with Crippen molar-refractivity contribution in [2.45, 2.75) is 11.8 Å². The number of hydrogen-bond acceptors (Lipinski definition) is 5. The van der Waals surface area contributed by atoms with Gasteiger partial charge in [0.25, 0.3) is 11.8 Å². The Morgan fingerprint density at radius 3 is 2.22 bits per heavy atom. The fourth-order valence-electron chi connectivity index (χ4n) is 2.83. The van der Waals surface area contributed by atoms with Crippen LogP contribution in [0.15, 0.2) is 71.6 Å². The highest BCUT2D eigenvalue weighted by Gasteiger charge is 2.14. The zero-order chi connectivity index (χ0) is 23.3. The van der Waals surface area contributed by atoms with Crippen LogP contribution in [0.3, 0.4) is 0 Å². The fraction of sp³-hybridized carbons (Fsp3) is 0.130. The summed E-state index contributed by atoms with van der Waals surface area (Å²) in [7, 11) is -3.44. The molecule has 0 unspecified atom stereocenters. The van der Waals surface area contributed by atoms with Gasteiger partial charge in [0.05, 0.1) is 22.2 Å². The van der Waals surface area contributed by atoms with Gasteiger partial charge in [0.1, 0.15) is 5.75 Å². The molecule has 0 spiro atoms. The van der Waals surface area contributed by atoms with E-state index in [2.05, 4.69) is 10.6 Å². The molecule has 9 heteroatoms. The minimum atomic E-state index is -3.44. The van der Waals surface area contributed by atoms with Crippen molar-refractivity contribution in [3.63, 3.8) is 0 Å². The minimum Gasteiger partial charge on any atom is -0.494 e. The summed E-state index contributed by atoms with van der Waals surface area (Å²) in [4.78, 5) is 25.0. The van der Waals surface area contributed by atoms with Crippen LogP contribution in [0.25, 0.3) is 0 Å². The Balaban J connectivity index is 1.70. The Morgan fingerprint density at radius 1 is 0.906 bits per heavy atom. The van der Waals surface area contributed by atoms with E-state index in [-0.39, 0.29) is 21.4 Å². The molecule has 0 heterocycles. The molecule has 2 amide bonds. The number of carbonyl (C=O) groups is 2. The second-order valence-corrected chi connectivity index (χ2v) is 9.28. The molecule has 0 saturated heterocycles. The topological polar surface area (TPSA) is 102 Å². The molecule has 7 nitrogen and oxygen atoms in total. The van der Waals surface area contributed by atoms with E-state index in [0.717, 1.165) is 6.26 Å². The molecule has 0 fully saturated rings. The van der Waals surface area contributed by atoms with Gasteiger partial charge in [0.15, 0.2) is 9.84 Å². The number of carbonyl (C=O) groups excluding carboxylic acids is 2. The third kappa shape index (κ3) is 5.87. The maximum absolute atomic E-state index is 12.5. The van der Waals surface area contributed by atoms with E-state index >= 15 is 0 Å².